The van der Waals surface area contributed by atoms with Crippen molar-refractivity contribution in [2.45, 2.75) is 65.2 Å². The lowest BCUT2D eigenvalue weighted by molar-refractivity contribution is -0.132. The lowest BCUT2D eigenvalue weighted by Gasteiger charge is -2.24. The molecule has 5 nitrogen and oxygen atoms in total. The molecule has 0 saturated carbocycles. The Bertz CT molecular complexity index is 992. The second-order valence-corrected chi connectivity index (χ2v) is 9.48. The first kappa shape index (κ1) is 20.9. The SMILES string of the molecule is CC(C)(C)c1ccnc2c1C=CC(=O)C2.CC(C)(C)c1ccnc2c1OC(=O)C2. The molecular formula is C24H28N2O3. The largest absolute Gasteiger partial charge is 0.424 e. The Kier molecular flexibility index (Phi) is 5.44. The molecule has 152 valence electrons. The molecule has 0 amide bonds. The van der Waals surface area contributed by atoms with Gasteiger partial charge in [-0.1, -0.05) is 41.5 Å². The maximum atomic E-state index is 11.3. The number of pyridine rings is 2. The van der Waals surface area contributed by atoms with Crippen LogP contribution in [0.25, 0.3) is 6.08 Å². The number of hydrogen-bond donors (Lipinski definition) is 0. The number of rotatable bonds is 0. The summed E-state index contributed by atoms with van der Waals surface area (Å²) in [7, 11) is 0. The normalized spacial score (nSPS) is 15.2. The number of esters is 1. The van der Waals surface area contributed by atoms with E-state index in [1.807, 2.05) is 18.2 Å². The van der Waals surface area contributed by atoms with Crippen molar-refractivity contribution in [1.29, 1.82) is 0 Å². The van der Waals surface area contributed by atoms with Gasteiger partial charge in [-0.05, 0) is 40.7 Å². The molecule has 4 rings (SSSR count). The van der Waals surface area contributed by atoms with Crippen LogP contribution in [0.5, 0.6) is 5.75 Å². The predicted molar refractivity (Wildman–Crippen MR) is 113 cm³/mol. The molecule has 0 unspecified atom stereocenters. The number of ether oxygens (including phenoxy) is 1. The van der Waals surface area contributed by atoms with Gasteiger partial charge < -0.3 is 4.74 Å². The van der Waals surface area contributed by atoms with Crippen LogP contribution in [0.2, 0.25) is 0 Å². The maximum absolute atomic E-state index is 11.3. The summed E-state index contributed by atoms with van der Waals surface area (Å²) in [5.41, 5.74) is 5.20. The van der Waals surface area contributed by atoms with E-state index in [0.29, 0.717) is 18.6 Å². The summed E-state index contributed by atoms with van der Waals surface area (Å²) in [5, 5.41) is 0. The molecule has 5 heteroatoms. The topological polar surface area (TPSA) is 69.2 Å². The molecule has 2 aliphatic rings. The zero-order valence-electron chi connectivity index (χ0n) is 18.0. The minimum atomic E-state index is -0.204. The van der Waals surface area contributed by atoms with Crippen LogP contribution in [0, 0.1) is 0 Å². The van der Waals surface area contributed by atoms with E-state index in [2.05, 4.69) is 51.5 Å². The predicted octanol–water partition coefficient (Wildman–Crippen LogP) is 4.36. The number of allylic oxidation sites excluding steroid dienone is 1. The summed E-state index contributed by atoms with van der Waals surface area (Å²) in [6.45, 7) is 12.8. The molecule has 2 aromatic heterocycles. The number of ketones is 1. The van der Waals surface area contributed by atoms with Gasteiger partial charge in [-0.3, -0.25) is 19.6 Å². The van der Waals surface area contributed by atoms with Crippen LogP contribution >= 0.6 is 0 Å². The second kappa shape index (κ2) is 7.54. The molecule has 1 aliphatic heterocycles. The fraction of sp³-hybridized carbons (Fsp3) is 0.417. The minimum absolute atomic E-state index is 0.0162. The third-order valence-corrected chi connectivity index (χ3v) is 4.97. The van der Waals surface area contributed by atoms with E-state index in [1.165, 1.54) is 5.56 Å². The third kappa shape index (κ3) is 4.61. The molecule has 2 aromatic rings. The Morgan fingerprint density at radius 3 is 2.00 bits per heavy atom. The summed E-state index contributed by atoms with van der Waals surface area (Å²) in [4.78, 5) is 30.8. The average molecular weight is 392 g/mol. The highest BCUT2D eigenvalue weighted by atomic mass is 16.5. The molecule has 0 radical (unpaired) electrons. The van der Waals surface area contributed by atoms with E-state index in [1.54, 1.807) is 18.5 Å². The zero-order chi connectivity index (χ0) is 21.4. The minimum Gasteiger partial charge on any atom is -0.424 e. The van der Waals surface area contributed by atoms with Gasteiger partial charge >= 0.3 is 5.97 Å². The van der Waals surface area contributed by atoms with Crippen molar-refractivity contribution in [2.75, 3.05) is 0 Å². The van der Waals surface area contributed by atoms with Crippen molar-refractivity contribution in [3.63, 3.8) is 0 Å². The third-order valence-electron chi connectivity index (χ3n) is 4.97. The summed E-state index contributed by atoms with van der Waals surface area (Å²) < 4.78 is 5.16. The van der Waals surface area contributed by atoms with E-state index in [4.69, 9.17) is 4.74 Å². The van der Waals surface area contributed by atoms with Crippen LogP contribution in [0.3, 0.4) is 0 Å². The van der Waals surface area contributed by atoms with E-state index < -0.39 is 0 Å². The number of nitrogens with zero attached hydrogens (tertiary/aromatic N) is 2. The zero-order valence-corrected chi connectivity index (χ0v) is 18.0. The molecule has 0 atom stereocenters. The van der Waals surface area contributed by atoms with Crippen LogP contribution in [0.15, 0.2) is 30.6 Å². The highest BCUT2D eigenvalue weighted by Gasteiger charge is 2.29. The van der Waals surface area contributed by atoms with Crippen LogP contribution < -0.4 is 4.74 Å². The summed E-state index contributed by atoms with van der Waals surface area (Å²) in [6, 6.07) is 3.95. The van der Waals surface area contributed by atoms with Gasteiger partial charge in [-0.15, -0.1) is 0 Å². The fourth-order valence-corrected chi connectivity index (χ4v) is 3.51. The highest BCUT2D eigenvalue weighted by Crippen LogP contribution is 2.36. The van der Waals surface area contributed by atoms with Gasteiger partial charge in [0.25, 0.3) is 0 Å². The number of carbonyl (C=O) groups is 2. The van der Waals surface area contributed by atoms with Crippen molar-refractivity contribution in [3.05, 3.63) is 58.7 Å². The van der Waals surface area contributed by atoms with E-state index in [9.17, 15) is 9.59 Å². The van der Waals surface area contributed by atoms with E-state index in [0.717, 1.165) is 22.5 Å². The lowest BCUT2D eigenvalue weighted by Crippen LogP contribution is -2.17. The molecule has 1 aliphatic carbocycles. The number of carbonyl (C=O) groups excluding carboxylic acids is 2. The summed E-state index contributed by atoms with van der Waals surface area (Å²) in [5.74, 6) is 0.607. The quantitative estimate of drug-likeness (QED) is 0.623. The molecular weight excluding hydrogens is 364 g/mol. The van der Waals surface area contributed by atoms with Gasteiger partial charge in [0, 0.05) is 23.5 Å². The Hall–Kier alpha value is -2.82. The molecule has 0 fully saturated rings. The molecule has 0 saturated heterocycles. The molecule has 29 heavy (non-hydrogen) atoms. The molecule has 3 heterocycles. The van der Waals surface area contributed by atoms with Crippen molar-refractivity contribution in [2.24, 2.45) is 0 Å². The second-order valence-electron chi connectivity index (χ2n) is 9.48. The lowest BCUT2D eigenvalue weighted by atomic mass is 9.82. The highest BCUT2D eigenvalue weighted by molar-refractivity contribution is 5.98. The molecule has 0 spiro atoms. The van der Waals surface area contributed by atoms with Gasteiger partial charge in [-0.25, -0.2) is 0 Å². The van der Waals surface area contributed by atoms with E-state index >= 15 is 0 Å². The fourth-order valence-electron chi connectivity index (χ4n) is 3.51. The Balaban J connectivity index is 0.000000166. The number of fused-ring (bicyclic) bond motifs is 2. The summed E-state index contributed by atoms with van der Waals surface area (Å²) >= 11 is 0. The van der Waals surface area contributed by atoms with Crippen LogP contribution in [0.4, 0.5) is 0 Å². The Morgan fingerprint density at radius 2 is 1.38 bits per heavy atom. The first-order valence-corrected chi connectivity index (χ1v) is 9.85. The van der Waals surface area contributed by atoms with Crippen LogP contribution in [-0.2, 0) is 33.3 Å². The van der Waals surface area contributed by atoms with Crippen LogP contribution in [0.1, 0.15) is 69.6 Å². The monoisotopic (exact) mass is 392 g/mol. The van der Waals surface area contributed by atoms with Crippen molar-refractivity contribution >= 4 is 17.8 Å². The molecule has 0 aromatic carbocycles. The number of aromatic nitrogens is 2. The Morgan fingerprint density at radius 1 is 0.793 bits per heavy atom. The maximum Gasteiger partial charge on any atom is 0.317 e. The van der Waals surface area contributed by atoms with E-state index in [-0.39, 0.29) is 22.6 Å². The van der Waals surface area contributed by atoms with Gasteiger partial charge in [0.1, 0.15) is 0 Å². The smallest absolute Gasteiger partial charge is 0.317 e. The first-order chi connectivity index (χ1) is 13.5. The van der Waals surface area contributed by atoms with Gasteiger partial charge in [-0.2, -0.15) is 0 Å². The average Bonchev–Trinajstić information content (AvgIpc) is 2.99. The van der Waals surface area contributed by atoms with Crippen molar-refractivity contribution in [3.8, 4) is 5.75 Å². The van der Waals surface area contributed by atoms with Crippen LogP contribution in [-0.4, -0.2) is 21.7 Å². The standard InChI is InChI=1S/C13H15NO.C11H13NO2/c1-13(2,3)11-6-7-14-12-8-9(15)4-5-10(11)12;1-11(2,3)7-4-5-12-8-6-9(13)14-10(7)8/h4-7H,8H2,1-3H3;4-5H,6H2,1-3H3. The molecule has 0 bridgehead atoms. The molecule has 0 N–H and O–H groups in total. The first-order valence-electron chi connectivity index (χ1n) is 9.85. The van der Waals surface area contributed by atoms with Gasteiger partial charge in [0.05, 0.1) is 24.2 Å². The van der Waals surface area contributed by atoms with Crippen molar-refractivity contribution < 1.29 is 14.3 Å². The van der Waals surface area contributed by atoms with Gasteiger partial charge in [0.2, 0.25) is 0 Å². The Labute approximate surface area is 172 Å². The number of hydrogen-bond acceptors (Lipinski definition) is 5. The van der Waals surface area contributed by atoms with Crippen molar-refractivity contribution in [1.82, 2.24) is 9.97 Å². The van der Waals surface area contributed by atoms with Gasteiger partial charge in [0.15, 0.2) is 11.5 Å². The summed E-state index contributed by atoms with van der Waals surface area (Å²) in [6.07, 6.45) is 7.83.